The smallest absolute Gasteiger partial charge is 0.118 e. The fourth-order valence-corrected chi connectivity index (χ4v) is 5.84. The summed E-state index contributed by atoms with van der Waals surface area (Å²) in [5, 5.41) is 3.79. The SMILES string of the molecule is CC12CNP(N(C(C)(C)C)C1)N(C(C)(C)C)C2. The number of fused-ring (bicyclic) bond motifs is 3. The van der Waals surface area contributed by atoms with E-state index in [1.54, 1.807) is 0 Å². The Morgan fingerprint density at radius 3 is 1.65 bits per heavy atom. The molecule has 3 fully saturated rings. The highest BCUT2D eigenvalue weighted by molar-refractivity contribution is 7.50. The summed E-state index contributed by atoms with van der Waals surface area (Å²) in [6.45, 7) is 20.1. The molecule has 3 saturated heterocycles. The molecule has 0 radical (unpaired) electrons. The molecule has 4 heteroatoms. The lowest BCUT2D eigenvalue weighted by Gasteiger charge is -2.62. The van der Waals surface area contributed by atoms with Gasteiger partial charge in [-0.25, -0.2) is 0 Å². The molecule has 0 unspecified atom stereocenters. The normalized spacial score (nSPS) is 36.5. The Morgan fingerprint density at radius 2 is 1.35 bits per heavy atom. The molecule has 3 aliphatic heterocycles. The first-order valence-corrected chi connectivity index (χ1v) is 7.86. The first kappa shape index (κ1) is 13.7. The van der Waals surface area contributed by atoms with Crippen LogP contribution in [0.5, 0.6) is 0 Å². The number of hydrogen-bond donors (Lipinski definition) is 1. The molecule has 0 amide bonds. The van der Waals surface area contributed by atoms with Crippen molar-refractivity contribution in [1.82, 2.24) is 14.4 Å². The van der Waals surface area contributed by atoms with Gasteiger partial charge in [-0.05, 0) is 41.5 Å². The minimum Gasteiger partial charge on any atom is -0.270 e. The molecular weight excluding hydrogens is 229 g/mol. The molecule has 1 N–H and O–H groups in total. The third kappa shape index (κ3) is 2.53. The molecule has 0 saturated carbocycles. The molecular formula is C13H28N3P. The Kier molecular flexibility index (Phi) is 3.15. The van der Waals surface area contributed by atoms with Gasteiger partial charge in [-0.15, -0.1) is 0 Å². The maximum atomic E-state index is 3.79. The third-order valence-electron chi connectivity index (χ3n) is 3.72. The maximum absolute atomic E-state index is 3.79. The fraction of sp³-hybridized carbons (Fsp3) is 1.00. The zero-order chi connectivity index (χ0) is 13.1. The third-order valence-corrected chi connectivity index (χ3v) is 6.55. The van der Waals surface area contributed by atoms with Crippen LogP contribution in [0, 0.1) is 5.41 Å². The highest BCUT2D eigenvalue weighted by atomic mass is 31.1. The predicted molar refractivity (Wildman–Crippen MR) is 75.9 cm³/mol. The van der Waals surface area contributed by atoms with Gasteiger partial charge in [-0.2, -0.15) is 0 Å². The van der Waals surface area contributed by atoms with Crippen LogP contribution in [0.2, 0.25) is 0 Å². The second kappa shape index (κ2) is 3.90. The lowest BCUT2D eigenvalue weighted by atomic mass is 9.88. The van der Waals surface area contributed by atoms with E-state index in [1.807, 2.05) is 0 Å². The van der Waals surface area contributed by atoms with E-state index in [-0.39, 0.29) is 19.5 Å². The van der Waals surface area contributed by atoms with E-state index in [1.165, 1.54) is 19.6 Å². The van der Waals surface area contributed by atoms with Gasteiger partial charge in [0.05, 0.1) is 0 Å². The van der Waals surface area contributed by atoms with Gasteiger partial charge >= 0.3 is 0 Å². The Labute approximate surface area is 108 Å². The van der Waals surface area contributed by atoms with Crippen LogP contribution in [-0.2, 0) is 0 Å². The summed E-state index contributed by atoms with van der Waals surface area (Å²) < 4.78 is 5.36. The van der Waals surface area contributed by atoms with Crippen LogP contribution in [-0.4, -0.2) is 40.1 Å². The second-order valence-electron chi connectivity index (χ2n) is 7.89. The lowest BCUT2D eigenvalue weighted by molar-refractivity contribution is 0.0511. The first-order valence-electron chi connectivity index (χ1n) is 6.62. The second-order valence-corrected chi connectivity index (χ2v) is 9.75. The lowest BCUT2D eigenvalue weighted by Crippen LogP contribution is -2.66. The predicted octanol–water partition coefficient (Wildman–Crippen LogP) is 3.04. The average molecular weight is 257 g/mol. The van der Waals surface area contributed by atoms with Gasteiger partial charge in [-0.1, -0.05) is 6.92 Å². The maximum Gasteiger partial charge on any atom is 0.118 e. The average Bonchev–Trinajstić information content (AvgIpc) is 2.13. The quantitative estimate of drug-likeness (QED) is 0.673. The van der Waals surface area contributed by atoms with Gasteiger partial charge in [0, 0.05) is 36.1 Å². The molecule has 2 bridgehead atoms. The van der Waals surface area contributed by atoms with Crippen molar-refractivity contribution in [3.05, 3.63) is 0 Å². The van der Waals surface area contributed by atoms with Gasteiger partial charge in [0.15, 0.2) is 0 Å². The first-order chi connectivity index (χ1) is 7.53. The molecule has 3 nitrogen and oxygen atoms in total. The molecule has 3 heterocycles. The standard InChI is InChI=1S/C13H28N3P/c1-11(2,3)15-9-13(7)8-14-17(15)16(10-13)12(4,5)6/h14H,8-10H2,1-7H3. The van der Waals surface area contributed by atoms with Crippen molar-refractivity contribution in [2.75, 3.05) is 19.6 Å². The Morgan fingerprint density at radius 1 is 0.941 bits per heavy atom. The zero-order valence-corrected chi connectivity index (χ0v) is 13.4. The van der Waals surface area contributed by atoms with Gasteiger partial charge in [0.2, 0.25) is 0 Å². The summed E-state index contributed by atoms with van der Waals surface area (Å²) in [6.07, 6.45) is 0. The topological polar surface area (TPSA) is 18.5 Å². The van der Waals surface area contributed by atoms with Crippen molar-refractivity contribution in [2.45, 2.75) is 59.5 Å². The molecule has 3 aliphatic rings. The largest absolute Gasteiger partial charge is 0.270 e. The molecule has 0 aliphatic carbocycles. The molecule has 0 aromatic heterocycles. The summed E-state index contributed by atoms with van der Waals surface area (Å²) in [7, 11) is -0.322. The van der Waals surface area contributed by atoms with E-state index in [0.29, 0.717) is 5.41 Å². The molecule has 0 spiro atoms. The van der Waals surface area contributed by atoms with Crippen molar-refractivity contribution in [2.24, 2.45) is 5.41 Å². The van der Waals surface area contributed by atoms with Crippen LogP contribution in [0.3, 0.4) is 0 Å². The van der Waals surface area contributed by atoms with Gasteiger partial charge < -0.3 is 0 Å². The van der Waals surface area contributed by atoms with E-state index in [2.05, 4.69) is 62.9 Å². The van der Waals surface area contributed by atoms with Crippen molar-refractivity contribution in [3.63, 3.8) is 0 Å². The van der Waals surface area contributed by atoms with Crippen LogP contribution in [0.25, 0.3) is 0 Å². The number of nitrogens with zero attached hydrogens (tertiary/aromatic N) is 2. The van der Waals surface area contributed by atoms with E-state index >= 15 is 0 Å². The van der Waals surface area contributed by atoms with Crippen LogP contribution in [0.1, 0.15) is 48.5 Å². The Bertz CT molecular complexity index is 279. The minimum absolute atomic E-state index is 0.254. The van der Waals surface area contributed by atoms with Gasteiger partial charge in [0.1, 0.15) is 8.37 Å². The van der Waals surface area contributed by atoms with Crippen molar-refractivity contribution >= 4 is 8.37 Å². The highest BCUT2D eigenvalue weighted by Crippen LogP contribution is 2.58. The number of nitrogens with one attached hydrogen (secondary N) is 1. The van der Waals surface area contributed by atoms with Crippen molar-refractivity contribution in [3.8, 4) is 0 Å². The Hall–Kier alpha value is 0.310. The fourth-order valence-electron chi connectivity index (χ4n) is 2.62. The number of hydrogen-bond acceptors (Lipinski definition) is 3. The minimum atomic E-state index is -0.322. The Balaban J connectivity index is 2.30. The molecule has 0 aromatic rings. The van der Waals surface area contributed by atoms with Crippen LogP contribution in [0.15, 0.2) is 0 Å². The summed E-state index contributed by atoms with van der Waals surface area (Å²) in [5.74, 6) is 0. The van der Waals surface area contributed by atoms with Gasteiger partial charge in [0.25, 0.3) is 0 Å². The summed E-state index contributed by atoms with van der Waals surface area (Å²) >= 11 is 0. The summed E-state index contributed by atoms with van der Waals surface area (Å²) in [5.41, 5.74) is 0.909. The molecule has 3 rings (SSSR count). The van der Waals surface area contributed by atoms with Gasteiger partial charge in [-0.3, -0.25) is 14.4 Å². The van der Waals surface area contributed by atoms with Crippen LogP contribution in [0.4, 0.5) is 0 Å². The highest BCUT2D eigenvalue weighted by Gasteiger charge is 2.52. The summed E-state index contributed by atoms with van der Waals surface area (Å²) in [4.78, 5) is 0. The van der Waals surface area contributed by atoms with E-state index in [0.717, 1.165) is 0 Å². The molecule has 0 aromatic carbocycles. The monoisotopic (exact) mass is 257 g/mol. The van der Waals surface area contributed by atoms with E-state index in [9.17, 15) is 0 Å². The van der Waals surface area contributed by atoms with Crippen LogP contribution >= 0.6 is 8.37 Å². The molecule has 17 heavy (non-hydrogen) atoms. The molecule has 100 valence electrons. The zero-order valence-electron chi connectivity index (χ0n) is 12.5. The van der Waals surface area contributed by atoms with Crippen LogP contribution < -0.4 is 5.09 Å². The number of rotatable bonds is 0. The van der Waals surface area contributed by atoms with E-state index in [4.69, 9.17) is 0 Å². The van der Waals surface area contributed by atoms with E-state index < -0.39 is 0 Å². The van der Waals surface area contributed by atoms with Crippen molar-refractivity contribution < 1.29 is 0 Å². The summed E-state index contributed by atoms with van der Waals surface area (Å²) in [6, 6.07) is 0. The van der Waals surface area contributed by atoms with Crippen molar-refractivity contribution in [1.29, 1.82) is 0 Å². The molecule has 0 atom stereocenters.